The summed E-state index contributed by atoms with van der Waals surface area (Å²) in [6, 6.07) is 20.9. The SMILES string of the molecule is O=CC1CC2(Cc3ccccc3)CN(Cc3ccccc3)CC=C2CC1=O. The van der Waals surface area contributed by atoms with E-state index in [4.69, 9.17) is 0 Å². The first kappa shape index (κ1) is 17.9. The van der Waals surface area contributed by atoms with E-state index < -0.39 is 5.92 Å². The Morgan fingerprint density at radius 2 is 1.67 bits per heavy atom. The van der Waals surface area contributed by atoms with Crippen molar-refractivity contribution in [1.82, 2.24) is 4.90 Å². The molecule has 2 atom stereocenters. The van der Waals surface area contributed by atoms with E-state index in [0.717, 1.165) is 32.3 Å². The summed E-state index contributed by atoms with van der Waals surface area (Å²) in [5.74, 6) is -0.390. The third-order valence-corrected chi connectivity index (χ3v) is 5.99. The van der Waals surface area contributed by atoms with Gasteiger partial charge in [0.05, 0.1) is 5.92 Å². The molecular formula is C24H25NO2. The molecule has 1 fully saturated rings. The van der Waals surface area contributed by atoms with Crippen molar-refractivity contribution in [1.29, 1.82) is 0 Å². The van der Waals surface area contributed by atoms with Crippen molar-refractivity contribution in [2.24, 2.45) is 11.3 Å². The molecule has 0 aromatic heterocycles. The highest BCUT2D eigenvalue weighted by atomic mass is 16.1. The Kier molecular flexibility index (Phi) is 5.04. The lowest BCUT2D eigenvalue weighted by molar-refractivity contribution is -0.130. The number of benzene rings is 2. The fraction of sp³-hybridized carbons (Fsp3) is 0.333. The van der Waals surface area contributed by atoms with Crippen molar-refractivity contribution in [3.63, 3.8) is 0 Å². The Hall–Kier alpha value is -2.52. The van der Waals surface area contributed by atoms with Crippen LogP contribution in [0.15, 0.2) is 72.3 Å². The summed E-state index contributed by atoms with van der Waals surface area (Å²) >= 11 is 0. The van der Waals surface area contributed by atoms with E-state index in [0.29, 0.717) is 12.8 Å². The van der Waals surface area contributed by atoms with Gasteiger partial charge in [-0.25, -0.2) is 0 Å². The molecule has 0 bridgehead atoms. The van der Waals surface area contributed by atoms with E-state index in [1.165, 1.54) is 16.7 Å². The fourth-order valence-electron chi connectivity index (χ4n) is 4.67. The molecule has 1 aliphatic heterocycles. The van der Waals surface area contributed by atoms with Gasteiger partial charge in [0.1, 0.15) is 12.1 Å². The molecule has 3 nitrogen and oxygen atoms in total. The van der Waals surface area contributed by atoms with Crippen molar-refractivity contribution in [3.8, 4) is 0 Å². The van der Waals surface area contributed by atoms with E-state index in [1.54, 1.807) is 0 Å². The number of fused-ring (bicyclic) bond motifs is 1. The molecule has 0 saturated heterocycles. The van der Waals surface area contributed by atoms with Crippen LogP contribution in [0.4, 0.5) is 0 Å². The van der Waals surface area contributed by atoms with Crippen molar-refractivity contribution in [3.05, 3.63) is 83.4 Å². The van der Waals surface area contributed by atoms with Crippen molar-refractivity contribution in [2.75, 3.05) is 13.1 Å². The van der Waals surface area contributed by atoms with Crippen molar-refractivity contribution in [2.45, 2.75) is 25.8 Å². The molecule has 2 aromatic carbocycles. The number of ketones is 1. The van der Waals surface area contributed by atoms with Gasteiger partial charge in [0.2, 0.25) is 0 Å². The standard InChI is InChI=1S/C24H25NO2/c26-17-21-15-24(14-19-7-3-1-4-8-19)18-25(12-11-22(24)13-23(21)27)16-20-9-5-2-6-10-20/h1-11,17,21H,12-16,18H2. The van der Waals surface area contributed by atoms with Gasteiger partial charge in [-0.15, -0.1) is 0 Å². The molecule has 2 unspecified atom stereocenters. The average Bonchev–Trinajstić information content (AvgIpc) is 2.69. The van der Waals surface area contributed by atoms with Gasteiger partial charge in [0, 0.05) is 31.5 Å². The number of aldehydes is 1. The predicted molar refractivity (Wildman–Crippen MR) is 106 cm³/mol. The van der Waals surface area contributed by atoms with Gasteiger partial charge < -0.3 is 4.79 Å². The topological polar surface area (TPSA) is 37.4 Å². The molecule has 2 aromatic rings. The zero-order valence-corrected chi connectivity index (χ0v) is 15.5. The first-order valence-corrected chi connectivity index (χ1v) is 9.66. The molecule has 0 amide bonds. The van der Waals surface area contributed by atoms with Crippen LogP contribution in [0.5, 0.6) is 0 Å². The largest absolute Gasteiger partial charge is 0.303 e. The number of carbonyl (C=O) groups excluding carboxylic acids is 2. The van der Waals surface area contributed by atoms with Gasteiger partial charge in [-0.05, 0) is 24.0 Å². The molecule has 3 heteroatoms. The fourth-order valence-corrected chi connectivity index (χ4v) is 4.67. The second-order valence-electron chi connectivity index (χ2n) is 7.92. The summed E-state index contributed by atoms with van der Waals surface area (Å²) < 4.78 is 0. The predicted octanol–water partition coefficient (Wildman–Crippen LogP) is 3.84. The normalized spacial score (nSPS) is 25.6. The minimum absolute atomic E-state index is 0.0800. The van der Waals surface area contributed by atoms with Crippen LogP contribution in [0.1, 0.15) is 24.0 Å². The lowest BCUT2D eigenvalue weighted by atomic mass is 9.62. The highest BCUT2D eigenvalue weighted by Gasteiger charge is 2.46. The summed E-state index contributed by atoms with van der Waals surface area (Å²) in [5, 5.41) is 0. The van der Waals surface area contributed by atoms with Crippen LogP contribution >= 0.6 is 0 Å². The zero-order chi connectivity index (χ0) is 18.7. The Bertz CT molecular complexity index is 843. The quantitative estimate of drug-likeness (QED) is 0.462. The lowest BCUT2D eigenvalue weighted by Crippen LogP contribution is -2.49. The Morgan fingerprint density at radius 3 is 2.33 bits per heavy atom. The van der Waals surface area contributed by atoms with Gasteiger partial charge in [-0.3, -0.25) is 9.69 Å². The summed E-state index contributed by atoms with van der Waals surface area (Å²) in [7, 11) is 0. The molecule has 138 valence electrons. The minimum Gasteiger partial charge on any atom is -0.303 e. The van der Waals surface area contributed by atoms with E-state index in [1.807, 2.05) is 12.1 Å². The maximum Gasteiger partial charge on any atom is 0.147 e. The monoisotopic (exact) mass is 359 g/mol. The van der Waals surface area contributed by atoms with E-state index in [9.17, 15) is 9.59 Å². The van der Waals surface area contributed by atoms with Gasteiger partial charge in [-0.2, -0.15) is 0 Å². The molecule has 0 N–H and O–H groups in total. The summed E-state index contributed by atoms with van der Waals surface area (Å²) in [5.41, 5.74) is 3.67. The third-order valence-electron chi connectivity index (χ3n) is 5.99. The average molecular weight is 359 g/mol. The second-order valence-corrected chi connectivity index (χ2v) is 7.92. The zero-order valence-electron chi connectivity index (χ0n) is 15.5. The molecule has 2 aliphatic rings. The van der Waals surface area contributed by atoms with Gasteiger partial charge in [-0.1, -0.05) is 72.3 Å². The Labute approximate surface area is 160 Å². The van der Waals surface area contributed by atoms with Gasteiger partial charge >= 0.3 is 0 Å². The lowest BCUT2D eigenvalue weighted by Gasteiger charge is -2.47. The van der Waals surface area contributed by atoms with Crippen LogP contribution in [-0.4, -0.2) is 30.1 Å². The highest BCUT2D eigenvalue weighted by Crippen LogP contribution is 2.46. The number of nitrogens with zero attached hydrogens (tertiary/aromatic N) is 1. The molecule has 1 heterocycles. The molecule has 27 heavy (non-hydrogen) atoms. The van der Waals surface area contributed by atoms with Gasteiger partial charge in [0.15, 0.2) is 0 Å². The number of rotatable bonds is 5. The molecular weight excluding hydrogens is 334 g/mol. The Morgan fingerprint density at radius 1 is 1.00 bits per heavy atom. The molecule has 4 rings (SSSR count). The summed E-state index contributed by atoms with van der Waals surface area (Å²) in [6.45, 7) is 2.64. The smallest absolute Gasteiger partial charge is 0.147 e. The molecule has 0 radical (unpaired) electrons. The third kappa shape index (κ3) is 3.79. The van der Waals surface area contributed by atoms with Crippen LogP contribution in [-0.2, 0) is 22.6 Å². The number of carbonyl (C=O) groups is 2. The summed E-state index contributed by atoms with van der Waals surface area (Å²) in [6.07, 6.45) is 5.04. The Balaban J connectivity index is 1.64. The number of Topliss-reactive ketones (excluding diaryl/α,β-unsaturated/α-hetero) is 1. The second kappa shape index (κ2) is 7.61. The molecule has 1 aliphatic carbocycles. The van der Waals surface area contributed by atoms with Crippen LogP contribution in [0.25, 0.3) is 0 Å². The first-order valence-electron chi connectivity index (χ1n) is 9.66. The van der Waals surface area contributed by atoms with E-state index >= 15 is 0 Å². The maximum absolute atomic E-state index is 12.4. The van der Waals surface area contributed by atoms with E-state index in [-0.39, 0.29) is 11.2 Å². The van der Waals surface area contributed by atoms with Crippen molar-refractivity contribution < 1.29 is 9.59 Å². The van der Waals surface area contributed by atoms with Crippen molar-refractivity contribution >= 4 is 12.1 Å². The van der Waals surface area contributed by atoms with E-state index in [2.05, 4.69) is 59.5 Å². The van der Waals surface area contributed by atoms with Crippen LogP contribution < -0.4 is 0 Å². The van der Waals surface area contributed by atoms with Crippen LogP contribution in [0.3, 0.4) is 0 Å². The van der Waals surface area contributed by atoms with Gasteiger partial charge in [0.25, 0.3) is 0 Å². The molecule has 1 saturated carbocycles. The highest BCUT2D eigenvalue weighted by molar-refractivity contribution is 5.96. The number of hydrogen-bond acceptors (Lipinski definition) is 3. The van der Waals surface area contributed by atoms with Crippen LogP contribution in [0.2, 0.25) is 0 Å². The minimum atomic E-state index is -0.470. The maximum atomic E-state index is 12.4. The first-order chi connectivity index (χ1) is 13.2. The summed E-state index contributed by atoms with van der Waals surface area (Å²) in [4.78, 5) is 26.4. The molecule has 0 spiro atoms. The van der Waals surface area contributed by atoms with Crippen LogP contribution in [0, 0.1) is 11.3 Å². The number of hydrogen-bond donors (Lipinski definition) is 0.